The molecule has 1 radical (unpaired) electrons. The Balaban J connectivity index is 0.000000280. The Morgan fingerprint density at radius 1 is 0.766 bits per heavy atom. The van der Waals surface area contributed by atoms with Crippen LogP contribution in [-0.4, -0.2) is 14.5 Å². The van der Waals surface area contributed by atoms with Crippen molar-refractivity contribution in [2.75, 3.05) is 0 Å². The van der Waals surface area contributed by atoms with E-state index in [1.54, 1.807) is 17.5 Å². The standard InChI is InChI=1S/C31H33N2S.C11H8N.Ir/c1-19(2)22-11-10-12-23(20(3)4)29(22)33-27-14-9-8-13-26(27)32-30(33)25-18-34-28-17-21(31(5,6)7)15-16-24(25)28;1-2-6-10(7-3-1)11-8-4-5-9-12-11;/h8-17,19-20H,1-7H3;1-6,8-9H;/q2*-1;. The summed E-state index contributed by atoms with van der Waals surface area (Å²) < 4.78 is 3.66. The minimum atomic E-state index is 0. The van der Waals surface area contributed by atoms with Gasteiger partial charge in [-0.2, -0.15) is 0 Å². The molecule has 0 bridgehead atoms. The second-order valence-corrected chi connectivity index (χ2v) is 14.2. The van der Waals surface area contributed by atoms with Crippen molar-refractivity contribution in [3.8, 4) is 28.3 Å². The van der Waals surface area contributed by atoms with Crippen LogP contribution in [-0.2, 0) is 25.5 Å². The fraction of sp³-hybridized carbons (Fsp3) is 0.238. The first-order valence-electron chi connectivity index (χ1n) is 16.1. The Morgan fingerprint density at radius 2 is 1.47 bits per heavy atom. The average molecular weight is 812 g/mol. The van der Waals surface area contributed by atoms with E-state index in [9.17, 15) is 0 Å². The molecular formula is C42H41IrN3S-2. The molecule has 0 aliphatic carbocycles. The summed E-state index contributed by atoms with van der Waals surface area (Å²) in [4.78, 5) is 9.41. The summed E-state index contributed by atoms with van der Waals surface area (Å²) in [5, 5.41) is 4.86. The summed E-state index contributed by atoms with van der Waals surface area (Å²) in [5.41, 5.74) is 10.7. The Hall–Kier alpha value is -3.89. The van der Waals surface area contributed by atoms with Crippen LogP contribution in [0.25, 0.3) is 49.5 Å². The van der Waals surface area contributed by atoms with Gasteiger partial charge in [0, 0.05) is 32.0 Å². The van der Waals surface area contributed by atoms with Gasteiger partial charge in [0.05, 0.1) is 16.9 Å². The maximum atomic E-state index is 5.19. The van der Waals surface area contributed by atoms with Gasteiger partial charge in [-0.3, -0.25) is 16.3 Å². The number of hydrogen-bond donors (Lipinski definition) is 0. The van der Waals surface area contributed by atoms with E-state index in [4.69, 9.17) is 4.98 Å². The zero-order valence-corrected chi connectivity index (χ0v) is 31.3. The number of para-hydroxylation sites is 3. The van der Waals surface area contributed by atoms with Crippen LogP contribution in [0, 0.1) is 11.4 Å². The predicted octanol–water partition coefficient (Wildman–Crippen LogP) is 11.8. The first kappa shape index (κ1) is 34.4. The zero-order chi connectivity index (χ0) is 32.4. The largest absolute Gasteiger partial charge is 0.333 e. The van der Waals surface area contributed by atoms with Crippen molar-refractivity contribution >= 4 is 32.5 Å². The molecule has 5 heteroatoms. The normalized spacial score (nSPS) is 11.5. The van der Waals surface area contributed by atoms with Crippen LogP contribution < -0.4 is 0 Å². The SMILES string of the molecule is CC(C)c1cccc(C(C)C)c1-n1c(-c2[c-]sc3cc(C(C)(C)C)ccc23)nc2ccccc21.[Ir].[c-]1ccccc1-c1ccccn1. The number of rotatable bonds is 5. The molecule has 3 aromatic heterocycles. The van der Waals surface area contributed by atoms with E-state index in [-0.39, 0.29) is 25.5 Å². The Kier molecular flexibility index (Phi) is 10.6. The van der Waals surface area contributed by atoms with E-state index >= 15 is 0 Å². The third-order valence-corrected chi connectivity index (χ3v) is 9.24. The van der Waals surface area contributed by atoms with Crippen LogP contribution in [0.4, 0.5) is 0 Å². The first-order valence-corrected chi connectivity index (χ1v) is 16.9. The van der Waals surface area contributed by atoms with Crippen LogP contribution >= 0.6 is 11.3 Å². The van der Waals surface area contributed by atoms with E-state index in [2.05, 4.69) is 130 Å². The minimum absolute atomic E-state index is 0. The van der Waals surface area contributed by atoms with Gasteiger partial charge < -0.3 is 9.55 Å². The first-order chi connectivity index (χ1) is 22.1. The molecule has 0 saturated carbocycles. The molecule has 3 nitrogen and oxygen atoms in total. The van der Waals surface area contributed by atoms with Crippen molar-refractivity contribution in [2.24, 2.45) is 0 Å². The van der Waals surface area contributed by atoms with E-state index in [0.717, 1.165) is 33.7 Å². The number of hydrogen-bond acceptors (Lipinski definition) is 3. The fourth-order valence-corrected chi connectivity index (χ4v) is 6.75. The average Bonchev–Trinajstić information content (AvgIpc) is 3.66. The third kappa shape index (κ3) is 7.18. The molecule has 0 spiro atoms. The molecule has 0 N–H and O–H groups in total. The summed E-state index contributed by atoms with van der Waals surface area (Å²) in [7, 11) is 0. The van der Waals surface area contributed by atoms with Crippen molar-refractivity contribution in [1.82, 2.24) is 14.5 Å². The summed E-state index contributed by atoms with van der Waals surface area (Å²) >= 11 is 1.70. The molecule has 0 amide bonds. The van der Waals surface area contributed by atoms with Crippen molar-refractivity contribution in [1.29, 1.82) is 0 Å². The Labute approximate surface area is 297 Å². The van der Waals surface area contributed by atoms with Crippen molar-refractivity contribution in [3.63, 3.8) is 0 Å². The van der Waals surface area contributed by atoms with E-state index < -0.39 is 0 Å². The minimum Gasteiger partial charge on any atom is -0.333 e. The van der Waals surface area contributed by atoms with Gasteiger partial charge in [0.1, 0.15) is 0 Å². The number of pyridine rings is 1. The molecular weight excluding hydrogens is 771 g/mol. The maximum Gasteiger partial charge on any atom is 0.0774 e. The van der Waals surface area contributed by atoms with E-state index in [0.29, 0.717) is 11.8 Å². The monoisotopic (exact) mass is 812 g/mol. The Morgan fingerprint density at radius 3 is 2.11 bits per heavy atom. The third-order valence-electron chi connectivity index (χ3n) is 8.38. The molecule has 241 valence electrons. The van der Waals surface area contributed by atoms with Crippen molar-refractivity contribution in [2.45, 2.75) is 65.7 Å². The van der Waals surface area contributed by atoms with Gasteiger partial charge in [0.15, 0.2) is 0 Å². The molecule has 7 rings (SSSR count). The number of nitrogens with zero attached hydrogens (tertiary/aromatic N) is 3. The van der Waals surface area contributed by atoms with E-state index in [1.165, 1.54) is 32.5 Å². The second-order valence-electron chi connectivity index (χ2n) is 13.4. The number of fused-ring (bicyclic) bond motifs is 2. The van der Waals surface area contributed by atoms with Gasteiger partial charge in [-0.1, -0.05) is 124 Å². The quantitative estimate of drug-likeness (QED) is 0.162. The molecule has 7 aromatic rings. The number of imidazole rings is 1. The summed E-state index contributed by atoms with van der Waals surface area (Å²) in [6.07, 6.45) is 1.79. The topological polar surface area (TPSA) is 30.7 Å². The molecule has 47 heavy (non-hydrogen) atoms. The summed E-state index contributed by atoms with van der Waals surface area (Å²) in [6.45, 7) is 15.9. The van der Waals surface area contributed by atoms with Crippen LogP contribution in [0.3, 0.4) is 0 Å². The number of thiophene rings is 1. The molecule has 0 aliphatic rings. The van der Waals surface area contributed by atoms with Gasteiger partial charge >= 0.3 is 0 Å². The molecule has 3 heterocycles. The fourth-order valence-electron chi connectivity index (χ4n) is 5.87. The van der Waals surface area contributed by atoms with Crippen molar-refractivity contribution < 1.29 is 20.1 Å². The van der Waals surface area contributed by atoms with Crippen LogP contribution in [0.5, 0.6) is 0 Å². The van der Waals surface area contributed by atoms with Gasteiger partial charge in [0.25, 0.3) is 0 Å². The summed E-state index contributed by atoms with van der Waals surface area (Å²) in [5.74, 6) is 1.78. The predicted molar refractivity (Wildman–Crippen MR) is 196 cm³/mol. The Bertz CT molecular complexity index is 2020. The molecule has 0 aliphatic heterocycles. The van der Waals surface area contributed by atoms with E-state index in [1.807, 2.05) is 42.5 Å². The smallest absolute Gasteiger partial charge is 0.0774 e. The summed E-state index contributed by atoms with van der Waals surface area (Å²) in [6, 6.07) is 38.9. The molecule has 0 unspecified atom stereocenters. The van der Waals surface area contributed by atoms with Crippen LogP contribution in [0.1, 0.15) is 77.0 Å². The van der Waals surface area contributed by atoms with Gasteiger partial charge in [-0.15, -0.1) is 47.3 Å². The van der Waals surface area contributed by atoms with Gasteiger partial charge in [-0.25, -0.2) is 0 Å². The molecule has 0 saturated heterocycles. The van der Waals surface area contributed by atoms with Gasteiger partial charge in [-0.05, 0) is 52.3 Å². The zero-order valence-electron chi connectivity index (χ0n) is 28.1. The van der Waals surface area contributed by atoms with Crippen LogP contribution in [0.2, 0.25) is 0 Å². The van der Waals surface area contributed by atoms with Crippen molar-refractivity contribution in [3.05, 3.63) is 137 Å². The molecule has 4 aromatic carbocycles. The van der Waals surface area contributed by atoms with Gasteiger partial charge in [0.2, 0.25) is 0 Å². The number of benzene rings is 4. The number of aromatic nitrogens is 3. The molecule has 0 atom stereocenters. The molecule has 0 fully saturated rings. The van der Waals surface area contributed by atoms with Crippen LogP contribution in [0.15, 0.2) is 109 Å². The maximum absolute atomic E-state index is 5.19. The second kappa shape index (κ2) is 14.5.